The Balaban J connectivity index is 1.73. The molecule has 3 rings (SSSR count). The second-order valence-electron chi connectivity index (χ2n) is 5.08. The van der Waals surface area contributed by atoms with Gasteiger partial charge in [0.15, 0.2) is 5.13 Å². The van der Waals surface area contributed by atoms with E-state index in [0.29, 0.717) is 23.1 Å². The summed E-state index contributed by atoms with van der Waals surface area (Å²) in [7, 11) is 0. The first-order valence-electron chi connectivity index (χ1n) is 7.52. The molecule has 1 amide bonds. The van der Waals surface area contributed by atoms with E-state index in [9.17, 15) is 4.79 Å². The van der Waals surface area contributed by atoms with Crippen molar-refractivity contribution < 1.29 is 9.53 Å². The first kappa shape index (κ1) is 18.1. The number of amides is 1. The van der Waals surface area contributed by atoms with Gasteiger partial charge < -0.3 is 4.74 Å². The number of nitrogens with zero attached hydrogens (tertiary/aromatic N) is 1. The Morgan fingerprint density at radius 1 is 1.20 bits per heavy atom. The Hall–Kier alpha value is -1.70. The van der Waals surface area contributed by atoms with Gasteiger partial charge in [-0.2, -0.15) is 0 Å². The zero-order valence-corrected chi connectivity index (χ0v) is 17.2. The molecule has 0 saturated carbocycles. The van der Waals surface area contributed by atoms with Gasteiger partial charge in [-0.05, 0) is 53.2 Å². The molecular weight excluding hydrogens is 468 g/mol. The number of nitrogens with one attached hydrogen (secondary N) is 1. The average molecular weight is 482 g/mol. The predicted molar refractivity (Wildman–Crippen MR) is 109 cm³/mol. The average Bonchev–Trinajstić information content (AvgIpc) is 3.06. The molecule has 0 aliphatic rings. The van der Waals surface area contributed by atoms with Gasteiger partial charge in [-0.25, -0.2) is 4.98 Å². The van der Waals surface area contributed by atoms with Crippen LogP contribution in [0.4, 0.5) is 5.13 Å². The number of hydrogen-bond acceptors (Lipinski definition) is 4. The molecule has 3 aromatic rings. The van der Waals surface area contributed by atoms with E-state index in [4.69, 9.17) is 4.74 Å². The van der Waals surface area contributed by atoms with E-state index >= 15 is 0 Å². The van der Waals surface area contributed by atoms with Crippen LogP contribution >= 0.6 is 43.2 Å². The molecule has 0 bridgehead atoms. The number of hydrogen-bond donors (Lipinski definition) is 1. The van der Waals surface area contributed by atoms with Gasteiger partial charge >= 0.3 is 0 Å². The molecule has 4 nitrogen and oxygen atoms in total. The number of thiazole rings is 1. The van der Waals surface area contributed by atoms with Crippen molar-refractivity contribution in [1.29, 1.82) is 0 Å². The van der Waals surface area contributed by atoms with Crippen LogP contribution in [0.25, 0.3) is 11.3 Å². The molecule has 7 heteroatoms. The van der Waals surface area contributed by atoms with Crippen LogP contribution in [0.1, 0.15) is 17.3 Å². The van der Waals surface area contributed by atoms with Crippen LogP contribution in [0.5, 0.6) is 5.75 Å². The Labute approximate surface area is 166 Å². The summed E-state index contributed by atoms with van der Waals surface area (Å²) in [5.41, 5.74) is 2.38. The van der Waals surface area contributed by atoms with E-state index in [1.54, 1.807) is 18.2 Å². The maximum absolute atomic E-state index is 12.4. The molecule has 25 heavy (non-hydrogen) atoms. The van der Waals surface area contributed by atoms with E-state index < -0.39 is 0 Å². The Bertz CT molecular complexity index is 894. The standard InChI is InChI=1S/C18H14Br2N2O2S/c1-2-24-16-8-5-12(9-14(16)20)17(23)22-18-21-15(10-25-18)11-3-6-13(19)7-4-11/h3-10H,2H2,1H3,(H,21,22,23). The minimum absolute atomic E-state index is 0.208. The summed E-state index contributed by atoms with van der Waals surface area (Å²) in [5, 5.41) is 5.32. The second-order valence-corrected chi connectivity index (χ2v) is 7.71. The highest BCUT2D eigenvalue weighted by molar-refractivity contribution is 9.10. The molecular formula is C18H14Br2N2O2S. The Morgan fingerprint density at radius 3 is 2.64 bits per heavy atom. The van der Waals surface area contributed by atoms with Crippen molar-refractivity contribution in [3.8, 4) is 17.0 Å². The van der Waals surface area contributed by atoms with Crippen molar-refractivity contribution in [2.45, 2.75) is 6.92 Å². The minimum atomic E-state index is -0.208. The summed E-state index contributed by atoms with van der Waals surface area (Å²) in [6.45, 7) is 2.49. The Morgan fingerprint density at radius 2 is 1.96 bits per heavy atom. The van der Waals surface area contributed by atoms with Gasteiger partial charge in [0.2, 0.25) is 0 Å². The van der Waals surface area contributed by atoms with Crippen LogP contribution in [-0.4, -0.2) is 17.5 Å². The zero-order valence-electron chi connectivity index (χ0n) is 13.3. The number of carbonyl (C=O) groups is 1. The number of benzene rings is 2. The summed E-state index contributed by atoms with van der Waals surface area (Å²) in [5.74, 6) is 0.506. The van der Waals surface area contributed by atoms with Crippen molar-refractivity contribution in [2.24, 2.45) is 0 Å². The largest absolute Gasteiger partial charge is 0.493 e. The first-order valence-corrected chi connectivity index (χ1v) is 9.98. The van der Waals surface area contributed by atoms with Crippen LogP contribution in [0.15, 0.2) is 56.8 Å². The first-order chi connectivity index (χ1) is 12.1. The molecule has 0 aliphatic heterocycles. The van der Waals surface area contributed by atoms with Crippen molar-refractivity contribution in [1.82, 2.24) is 4.98 Å². The summed E-state index contributed by atoms with van der Waals surface area (Å²) in [6.07, 6.45) is 0. The number of halogens is 2. The topological polar surface area (TPSA) is 51.2 Å². The van der Waals surface area contributed by atoms with Crippen LogP contribution in [0.3, 0.4) is 0 Å². The van der Waals surface area contributed by atoms with Crippen LogP contribution < -0.4 is 10.1 Å². The highest BCUT2D eigenvalue weighted by atomic mass is 79.9. The molecule has 0 saturated heterocycles. The SMILES string of the molecule is CCOc1ccc(C(=O)Nc2nc(-c3ccc(Br)cc3)cs2)cc1Br. The van der Waals surface area contributed by atoms with Crippen LogP contribution in [0.2, 0.25) is 0 Å². The maximum Gasteiger partial charge on any atom is 0.257 e. The summed E-state index contributed by atoms with van der Waals surface area (Å²) in [4.78, 5) is 16.9. The summed E-state index contributed by atoms with van der Waals surface area (Å²) >= 11 is 8.23. The highest BCUT2D eigenvalue weighted by Gasteiger charge is 2.12. The van der Waals surface area contributed by atoms with Gasteiger partial charge in [-0.1, -0.05) is 28.1 Å². The lowest BCUT2D eigenvalue weighted by Gasteiger charge is -2.07. The molecule has 1 N–H and O–H groups in total. The zero-order chi connectivity index (χ0) is 17.8. The smallest absolute Gasteiger partial charge is 0.257 e. The van der Waals surface area contributed by atoms with Crippen molar-refractivity contribution in [3.63, 3.8) is 0 Å². The lowest BCUT2D eigenvalue weighted by molar-refractivity contribution is 0.102. The van der Waals surface area contributed by atoms with Gasteiger partial charge in [0.1, 0.15) is 5.75 Å². The summed E-state index contributed by atoms with van der Waals surface area (Å²) < 4.78 is 7.22. The van der Waals surface area contributed by atoms with Gasteiger partial charge in [-0.15, -0.1) is 11.3 Å². The third-order valence-electron chi connectivity index (χ3n) is 3.36. The lowest BCUT2D eigenvalue weighted by atomic mass is 10.2. The fourth-order valence-electron chi connectivity index (χ4n) is 2.17. The molecule has 128 valence electrons. The van der Waals surface area contributed by atoms with E-state index in [0.717, 1.165) is 20.2 Å². The van der Waals surface area contributed by atoms with E-state index in [2.05, 4.69) is 42.2 Å². The molecule has 0 fully saturated rings. The number of rotatable bonds is 5. The normalized spacial score (nSPS) is 10.5. The molecule has 0 atom stereocenters. The maximum atomic E-state index is 12.4. The highest BCUT2D eigenvalue weighted by Crippen LogP contribution is 2.28. The molecule has 0 spiro atoms. The quantitative estimate of drug-likeness (QED) is 0.487. The number of carbonyl (C=O) groups excluding carboxylic acids is 1. The number of anilines is 1. The fraction of sp³-hybridized carbons (Fsp3) is 0.111. The van der Waals surface area contributed by atoms with Gasteiger partial charge in [0.25, 0.3) is 5.91 Å². The minimum Gasteiger partial charge on any atom is -0.493 e. The molecule has 0 aliphatic carbocycles. The van der Waals surface area contributed by atoms with Crippen molar-refractivity contribution in [3.05, 3.63) is 62.4 Å². The van der Waals surface area contributed by atoms with Crippen molar-refractivity contribution in [2.75, 3.05) is 11.9 Å². The summed E-state index contributed by atoms with van der Waals surface area (Å²) in [6, 6.07) is 13.1. The van der Waals surface area contributed by atoms with Crippen LogP contribution in [0, 0.1) is 0 Å². The molecule has 0 unspecified atom stereocenters. The lowest BCUT2D eigenvalue weighted by Crippen LogP contribution is -2.11. The molecule has 2 aromatic carbocycles. The van der Waals surface area contributed by atoms with Gasteiger partial charge in [0.05, 0.1) is 16.8 Å². The van der Waals surface area contributed by atoms with Gasteiger partial charge in [0, 0.05) is 21.0 Å². The Kier molecular flexibility index (Phi) is 5.88. The van der Waals surface area contributed by atoms with E-state index in [-0.39, 0.29) is 5.91 Å². The number of ether oxygens (including phenoxy) is 1. The monoisotopic (exact) mass is 480 g/mol. The molecule has 1 aromatic heterocycles. The molecule has 1 heterocycles. The second kappa shape index (κ2) is 8.12. The molecule has 0 radical (unpaired) electrons. The number of aromatic nitrogens is 1. The predicted octanol–water partition coefficient (Wildman–Crippen LogP) is 5.99. The van der Waals surface area contributed by atoms with Gasteiger partial charge in [-0.3, -0.25) is 10.1 Å². The van der Waals surface area contributed by atoms with Crippen molar-refractivity contribution >= 4 is 54.2 Å². The van der Waals surface area contributed by atoms with E-state index in [1.807, 2.05) is 36.6 Å². The fourth-order valence-corrected chi connectivity index (χ4v) is 3.64. The third-order valence-corrected chi connectivity index (χ3v) is 5.26. The van der Waals surface area contributed by atoms with Crippen LogP contribution in [-0.2, 0) is 0 Å². The third kappa shape index (κ3) is 4.48. The van der Waals surface area contributed by atoms with E-state index in [1.165, 1.54) is 11.3 Å².